The average molecular weight is 425 g/mol. The maximum Gasteiger partial charge on any atom is 0.322 e. The number of nitrogens with one attached hydrogen (secondary N) is 1. The fraction of sp³-hybridized carbons (Fsp3) is 0.440. The number of rotatable bonds is 8. The van der Waals surface area contributed by atoms with Crippen LogP contribution in [0, 0.1) is 11.8 Å². The number of aromatic hydroxyl groups is 1. The summed E-state index contributed by atoms with van der Waals surface area (Å²) in [4.78, 5) is 26.3. The molecular weight excluding hydrogens is 392 g/mol. The van der Waals surface area contributed by atoms with Crippen LogP contribution in [0.4, 0.5) is 0 Å². The van der Waals surface area contributed by atoms with Gasteiger partial charge in [-0.1, -0.05) is 49.4 Å². The van der Waals surface area contributed by atoms with Crippen LogP contribution in [-0.2, 0) is 21.4 Å². The molecule has 166 valence electrons. The van der Waals surface area contributed by atoms with E-state index in [1.807, 2.05) is 42.5 Å². The number of phenols is 1. The van der Waals surface area contributed by atoms with Crippen LogP contribution in [-0.4, -0.2) is 53.7 Å². The lowest BCUT2D eigenvalue weighted by molar-refractivity contribution is -0.138. The SMILES string of the molecule is CN1CCC(C)(c2cccc(O)c2)C(CC(Cc2ccccc2)C(=O)NCC(=O)O)C1. The van der Waals surface area contributed by atoms with Crippen molar-refractivity contribution >= 4 is 11.9 Å². The minimum Gasteiger partial charge on any atom is -0.508 e. The fourth-order valence-electron chi connectivity index (χ4n) is 4.70. The zero-order valence-electron chi connectivity index (χ0n) is 18.3. The van der Waals surface area contributed by atoms with Crippen molar-refractivity contribution in [2.75, 3.05) is 26.7 Å². The zero-order chi connectivity index (χ0) is 22.4. The third-order valence-electron chi connectivity index (χ3n) is 6.63. The summed E-state index contributed by atoms with van der Waals surface area (Å²) in [6.07, 6.45) is 2.12. The van der Waals surface area contributed by atoms with Crippen LogP contribution < -0.4 is 5.32 Å². The summed E-state index contributed by atoms with van der Waals surface area (Å²) in [6.45, 7) is 3.62. The number of carboxylic acids is 1. The van der Waals surface area contributed by atoms with Gasteiger partial charge in [-0.25, -0.2) is 0 Å². The first kappa shape index (κ1) is 22.8. The molecule has 31 heavy (non-hydrogen) atoms. The molecule has 6 nitrogen and oxygen atoms in total. The predicted octanol–water partition coefficient (Wildman–Crippen LogP) is 3.05. The van der Waals surface area contributed by atoms with E-state index in [4.69, 9.17) is 5.11 Å². The van der Waals surface area contributed by atoms with Gasteiger partial charge in [-0.05, 0) is 67.4 Å². The van der Waals surface area contributed by atoms with E-state index in [0.717, 1.165) is 30.6 Å². The van der Waals surface area contributed by atoms with Crippen molar-refractivity contribution < 1.29 is 19.8 Å². The Morgan fingerprint density at radius 3 is 2.61 bits per heavy atom. The lowest BCUT2D eigenvalue weighted by Gasteiger charge is -2.46. The predicted molar refractivity (Wildman–Crippen MR) is 120 cm³/mol. The number of carbonyl (C=O) groups is 2. The highest BCUT2D eigenvalue weighted by molar-refractivity contribution is 5.83. The third kappa shape index (κ3) is 5.85. The normalized spacial score (nSPS) is 22.6. The highest BCUT2D eigenvalue weighted by Gasteiger charge is 2.41. The van der Waals surface area contributed by atoms with Gasteiger partial charge in [0, 0.05) is 12.5 Å². The Bertz CT molecular complexity index is 901. The molecule has 0 bridgehead atoms. The van der Waals surface area contributed by atoms with Crippen molar-refractivity contribution in [2.24, 2.45) is 11.8 Å². The number of amides is 1. The molecule has 3 atom stereocenters. The summed E-state index contributed by atoms with van der Waals surface area (Å²) in [7, 11) is 2.09. The highest BCUT2D eigenvalue weighted by atomic mass is 16.4. The summed E-state index contributed by atoms with van der Waals surface area (Å²) in [5.41, 5.74) is 1.95. The molecule has 0 aromatic heterocycles. The van der Waals surface area contributed by atoms with Crippen LogP contribution in [0.5, 0.6) is 5.75 Å². The quantitative estimate of drug-likeness (QED) is 0.606. The van der Waals surface area contributed by atoms with E-state index < -0.39 is 5.97 Å². The Balaban J connectivity index is 1.88. The minimum atomic E-state index is -1.05. The van der Waals surface area contributed by atoms with Gasteiger partial charge in [0.15, 0.2) is 0 Å². The van der Waals surface area contributed by atoms with E-state index in [1.54, 1.807) is 6.07 Å². The molecule has 0 saturated carbocycles. The van der Waals surface area contributed by atoms with Crippen molar-refractivity contribution in [2.45, 2.75) is 31.6 Å². The monoisotopic (exact) mass is 424 g/mol. The van der Waals surface area contributed by atoms with E-state index in [-0.39, 0.29) is 35.5 Å². The second-order valence-corrected chi connectivity index (χ2v) is 8.91. The number of nitrogens with zero attached hydrogens (tertiary/aromatic N) is 1. The maximum atomic E-state index is 13.0. The topological polar surface area (TPSA) is 89.9 Å². The largest absolute Gasteiger partial charge is 0.508 e. The van der Waals surface area contributed by atoms with E-state index in [0.29, 0.717) is 12.8 Å². The standard InChI is InChI=1S/C25H32N2O4/c1-25(20-9-6-10-22(28)15-20)11-12-27(2)17-21(25)14-19(24(31)26-16-23(29)30)13-18-7-4-3-5-8-18/h3-10,15,19,21,28H,11-14,16-17H2,1-2H3,(H,26,31)(H,29,30). The van der Waals surface area contributed by atoms with Crippen LogP contribution in [0.3, 0.4) is 0 Å². The number of benzene rings is 2. The highest BCUT2D eigenvalue weighted by Crippen LogP contribution is 2.43. The Kier molecular flexibility index (Phi) is 7.33. The first-order valence-electron chi connectivity index (χ1n) is 10.8. The van der Waals surface area contributed by atoms with Gasteiger partial charge in [0.05, 0.1) is 0 Å². The molecule has 1 heterocycles. The van der Waals surface area contributed by atoms with E-state index >= 15 is 0 Å². The molecule has 1 saturated heterocycles. The molecule has 6 heteroatoms. The van der Waals surface area contributed by atoms with Gasteiger partial charge in [0.25, 0.3) is 0 Å². The summed E-state index contributed by atoms with van der Waals surface area (Å²) in [5, 5.41) is 21.6. The van der Waals surface area contributed by atoms with E-state index in [2.05, 4.69) is 30.3 Å². The van der Waals surface area contributed by atoms with Crippen molar-refractivity contribution in [1.82, 2.24) is 10.2 Å². The summed E-state index contributed by atoms with van der Waals surface area (Å²) < 4.78 is 0. The Morgan fingerprint density at radius 2 is 1.94 bits per heavy atom. The number of carboxylic acid groups (broad SMARTS) is 1. The van der Waals surface area contributed by atoms with Crippen LogP contribution in [0.2, 0.25) is 0 Å². The molecule has 1 aliphatic rings. The molecule has 1 fully saturated rings. The van der Waals surface area contributed by atoms with Gasteiger partial charge < -0.3 is 20.4 Å². The van der Waals surface area contributed by atoms with Gasteiger partial charge >= 0.3 is 5.97 Å². The van der Waals surface area contributed by atoms with Crippen LogP contribution in [0.25, 0.3) is 0 Å². The van der Waals surface area contributed by atoms with Gasteiger partial charge in [0.1, 0.15) is 12.3 Å². The molecule has 0 radical (unpaired) electrons. The maximum absolute atomic E-state index is 13.0. The van der Waals surface area contributed by atoms with E-state index in [1.165, 1.54) is 0 Å². The first-order chi connectivity index (χ1) is 14.8. The number of hydrogen-bond acceptors (Lipinski definition) is 4. The average Bonchev–Trinajstić information content (AvgIpc) is 2.75. The Labute approximate surface area is 183 Å². The first-order valence-corrected chi connectivity index (χ1v) is 10.8. The Morgan fingerprint density at radius 1 is 1.19 bits per heavy atom. The van der Waals surface area contributed by atoms with Crippen LogP contribution in [0.15, 0.2) is 54.6 Å². The number of phenolic OH excluding ortho intramolecular Hbond substituents is 1. The number of piperidine rings is 1. The molecule has 3 unspecified atom stereocenters. The summed E-state index contributed by atoms with van der Waals surface area (Å²) >= 11 is 0. The van der Waals surface area contributed by atoms with Crippen LogP contribution in [0.1, 0.15) is 30.9 Å². The van der Waals surface area contributed by atoms with Gasteiger partial charge in [0.2, 0.25) is 5.91 Å². The lowest BCUT2D eigenvalue weighted by Crippen LogP contribution is -2.49. The van der Waals surface area contributed by atoms with Crippen LogP contribution >= 0.6 is 0 Å². The molecule has 0 spiro atoms. The molecule has 3 rings (SSSR count). The fourth-order valence-corrected chi connectivity index (χ4v) is 4.70. The zero-order valence-corrected chi connectivity index (χ0v) is 18.3. The Hall–Kier alpha value is -2.86. The van der Waals surface area contributed by atoms with Gasteiger partial charge in [-0.2, -0.15) is 0 Å². The second-order valence-electron chi connectivity index (χ2n) is 8.91. The van der Waals surface area contributed by atoms with Crippen molar-refractivity contribution in [1.29, 1.82) is 0 Å². The summed E-state index contributed by atoms with van der Waals surface area (Å²) in [5.74, 6) is -1.18. The van der Waals surface area contributed by atoms with Gasteiger partial charge in [-0.3, -0.25) is 9.59 Å². The van der Waals surface area contributed by atoms with Crippen molar-refractivity contribution in [3.8, 4) is 5.75 Å². The van der Waals surface area contributed by atoms with Crippen molar-refractivity contribution in [3.63, 3.8) is 0 Å². The lowest BCUT2D eigenvalue weighted by atomic mass is 9.64. The second kappa shape index (κ2) is 9.96. The molecule has 0 aliphatic carbocycles. The molecule has 1 aliphatic heterocycles. The van der Waals surface area contributed by atoms with E-state index in [9.17, 15) is 14.7 Å². The van der Waals surface area contributed by atoms with Crippen molar-refractivity contribution in [3.05, 3.63) is 65.7 Å². The number of aliphatic carboxylic acids is 1. The third-order valence-corrected chi connectivity index (χ3v) is 6.63. The summed E-state index contributed by atoms with van der Waals surface area (Å²) in [6, 6.07) is 17.3. The molecular formula is C25H32N2O4. The molecule has 2 aromatic rings. The van der Waals surface area contributed by atoms with Gasteiger partial charge in [-0.15, -0.1) is 0 Å². The number of hydrogen-bond donors (Lipinski definition) is 3. The minimum absolute atomic E-state index is 0.178. The smallest absolute Gasteiger partial charge is 0.322 e. The molecule has 1 amide bonds. The molecule has 3 N–H and O–H groups in total. The number of carbonyl (C=O) groups excluding carboxylic acids is 1. The molecule has 2 aromatic carbocycles. The number of likely N-dealkylation sites (tertiary alicyclic amines) is 1.